The second kappa shape index (κ2) is 6.88. The highest BCUT2D eigenvalue weighted by Gasteiger charge is 2.32. The third-order valence-corrected chi connectivity index (χ3v) is 3.93. The van der Waals surface area contributed by atoms with Crippen molar-refractivity contribution < 1.29 is 9.53 Å². The molecule has 0 saturated heterocycles. The minimum atomic E-state index is -0.452. The number of carbonyl (C=O) groups excluding carboxylic acids is 1. The molecule has 0 unspecified atom stereocenters. The van der Waals surface area contributed by atoms with Gasteiger partial charge in [-0.25, -0.2) is 4.79 Å². The first kappa shape index (κ1) is 17.1. The smallest absolute Gasteiger partial charge is 0.407 e. The molecule has 2 N–H and O–H groups in total. The van der Waals surface area contributed by atoms with Crippen molar-refractivity contribution in [3.63, 3.8) is 0 Å². The third-order valence-electron chi connectivity index (χ3n) is 3.69. The molecule has 0 spiro atoms. The van der Waals surface area contributed by atoms with Crippen molar-refractivity contribution in [3.8, 4) is 0 Å². The summed E-state index contributed by atoms with van der Waals surface area (Å²) in [5.74, 6) is 0. The standard InChI is InChI=1S/C17H25ClN2O2/c1-11(12-6-5-7-13(18)8-12)19-14-9-15(10-14)20-16(21)22-17(2,3)4/h5-8,11,14-15,19H,9-10H2,1-4H3,(H,20,21)/t11-,14?,15?/m0/s1. The number of rotatable bonds is 4. The van der Waals surface area contributed by atoms with Gasteiger partial charge in [-0.15, -0.1) is 0 Å². The van der Waals surface area contributed by atoms with Gasteiger partial charge in [-0.2, -0.15) is 0 Å². The molecule has 1 aromatic carbocycles. The van der Waals surface area contributed by atoms with E-state index in [2.05, 4.69) is 23.6 Å². The third kappa shape index (κ3) is 5.18. The molecule has 0 aliphatic heterocycles. The van der Waals surface area contributed by atoms with Gasteiger partial charge in [0.2, 0.25) is 0 Å². The quantitative estimate of drug-likeness (QED) is 0.878. The summed E-state index contributed by atoms with van der Waals surface area (Å²) in [6.07, 6.45) is 1.51. The molecule has 1 aliphatic rings. The highest BCUT2D eigenvalue weighted by Crippen LogP contribution is 2.25. The van der Waals surface area contributed by atoms with Crippen LogP contribution in [-0.4, -0.2) is 23.8 Å². The number of halogens is 1. The molecular formula is C17H25ClN2O2. The Morgan fingerprint density at radius 3 is 2.59 bits per heavy atom. The minimum Gasteiger partial charge on any atom is -0.444 e. The second-order valence-corrected chi connectivity index (χ2v) is 7.39. The van der Waals surface area contributed by atoms with E-state index in [1.165, 1.54) is 5.56 Å². The van der Waals surface area contributed by atoms with Crippen LogP contribution in [0.1, 0.15) is 52.1 Å². The number of benzene rings is 1. The van der Waals surface area contributed by atoms with E-state index in [-0.39, 0.29) is 18.2 Å². The fourth-order valence-electron chi connectivity index (χ4n) is 2.57. The summed E-state index contributed by atoms with van der Waals surface area (Å²) in [7, 11) is 0. The highest BCUT2D eigenvalue weighted by molar-refractivity contribution is 6.30. The molecule has 4 nitrogen and oxygen atoms in total. The summed E-state index contributed by atoms with van der Waals surface area (Å²) in [6.45, 7) is 7.72. The molecule has 5 heteroatoms. The molecule has 22 heavy (non-hydrogen) atoms. The molecule has 0 heterocycles. The van der Waals surface area contributed by atoms with Crippen LogP contribution in [0.5, 0.6) is 0 Å². The van der Waals surface area contributed by atoms with Crippen molar-refractivity contribution in [2.45, 2.75) is 64.3 Å². The molecule has 1 aliphatic carbocycles. The lowest BCUT2D eigenvalue weighted by atomic mass is 9.86. The Morgan fingerprint density at radius 2 is 2.00 bits per heavy atom. The summed E-state index contributed by atoms with van der Waals surface area (Å²) < 4.78 is 5.26. The van der Waals surface area contributed by atoms with Gasteiger partial charge in [0.25, 0.3) is 0 Å². The van der Waals surface area contributed by atoms with Crippen molar-refractivity contribution in [1.82, 2.24) is 10.6 Å². The Morgan fingerprint density at radius 1 is 1.32 bits per heavy atom. The average Bonchev–Trinajstić information content (AvgIpc) is 2.33. The summed E-state index contributed by atoms with van der Waals surface area (Å²) in [5, 5.41) is 7.22. The van der Waals surface area contributed by atoms with E-state index in [0.29, 0.717) is 6.04 Å². The molecule has 1 aromatic rings. The highest BCUT2D eigenvalue weighted by atomic mass is 35.5. The Bertz CT molecular complexity index is 522. The molecule has 1 saturated carbocycles. The van der Waals surface area contributed by atoms with E-state index < -0.39 is 5.60 Å². The number of ether oxygens (including phenoxy) is 1. The molecule has 1 amide bonds. The number of amides is 1. The van der Waals surface area contributed by atoms with E-state index in [4.69, 9.17) is 16.3 Å². The largest absolute Gasteiger partial charge is 0.444 e. The fourth-order valence-corrected chi connectivity index (χ4v) is 2.77. The Hall–Kier alpha value is -1.26. The number of hydrogen-bond acceptors (Lipinski definition) is 3. The van der Waals surface area contributed by atoms with Crippen LogP contribution in [0.2, 0.25) is 5.02 Å². The Kier molecular flexibility index (Phi) is 5.35. The van der Waals surface area contributed by atoms with Gasteiger partial charge in [-0.05, 0) is 58.2 Å². The van der Waals surface area contributed by atoms with E-state index >= 15 is 0 Å². The lowest BCUT2D eigenvalue weighted by Crippen LogP contribution is -2.53. The SMILES string of the molecule is C[C@H](NC1CC(NC(=O)OC(C)(C)C)C1)c1cccc(Cl)c1. The summed E-state index contributed by atoms with van der Waals surface area (Å²) in [5.41, 5.74) is 0.725. The van der Waals surface area contributed by atoms with E-state index in [0.717, 1.165) is 17.9 Å². The lowest BCUT2D eigenvalue weighted by Gasteiger charge is -2.38. The molecule has 0 bridgehead atoms. The average molecular weight is 325 g/mol. The van der Waals surface area contributed by atoms with E-state index in [1.807, 2.05) is 39.0 Å². The summed E-state index contributed by atoms with van der Waals surface area (Å²) >= 11 is 6.02. The van der Waals surface area contributed by atoms with Gasteiger partial charge < -0.3 is 15.4 Å². The van der Waals surface area contributed by atoms with Gasteiger partial charge in [0.15, 0.2) is 0 Å². The predicted molar refractivity (Wildman–Crippen MR) is 89.2 cm³/mol. The van der Waals surface area contributed by atoms with Crippen molar-refractivity contribution in [3.05, 3.63) is 34.9 Å². The zero-order chi connectivity index (χ0) is 16.3. The van der Waals surface area contributed by atoms with Crippen LogP contribution in [0.15, 0.2) is 24.3 Å². The van der Waals surface area contributed by atoms with Crippen LogP contribution in [0.25, 0.3) is 0 Å². The van der Waals surface area contributed by atoms with Gasteiger partial charge in [0, 0.05) is 23.1 Å². The molecule has 0 radical (unpaired) electrons. The Labute approximate surface area is 137 Å². The first-order valence-corrected chi connectivity index (χ1v) is 8.12. The fraction of sp³-hybridized carbons (Fsp3) is 0.588. The number of carbonyl (C=O) groups is 1. The van der Waals surface area contributed by atoms with Crippen molar-refractivity contribution >= 4 is 17.7 Å². The number of alkyl carbamates (subject to hydrolysis) is 1. The zero-order valence-corrected chi connectivity index (χ0v) is 14.4. The lowest BCUT2D eigenvalue weighted by molar-refractivity contribution is 0.0463. The molecule has 0 aromatic heterocycles. The van der Waals surface area contributed by atoms with Crippen LogP contribution in [-0.2, 0) is 4.74 Å². The van der Waals surface area contributed by atoms with Gasteiger partial charge >= 0.3 is 6.09 Å². The monoisotopic (exact) mass is 324 g/mol. The van der Waals surface area contributed by atoms with Gasteiger partial charge in [0.05, 0.1) is 0 Å². The normalized spacial score (nSPS) is 22.6. The predicted octanol–water partition coefficient (Wildman–Crippen LogP) is 4.05. The van der Waals surface area contributed by atoms with Crippen LogP contribution in [0, 0.1) is 0 Å². The summed E-state index contributed by atoms with van der Waals surface area (Å²) in [6, 6.07) is 8.73. The maximum Gasteiger partial charge on any atom is 0.407 e. The van der Waals surface area contributed by atoms with Crippen molar-refractivity contribution in [2.24, 2.45) is 0 Å². The van der Waals surface area contributed by atoms with Crippen LogP contribution < -0.4 is 10.6 Å². The Balaban J connectivity index is 1.72. The van der Waals surface area contributed by atoms with Gasteiger partial charge in [0.1, 0.15) is 5.60 Å². The maximum atomic E-state index is 11.7. The van der Waals surface area contributed by atoms with Gasteiger partial charge in [-0.1, -0.05) is 23.7 Å². The number of hydrogen-bond donors (Lipinski definition) is 2. The summed E-state index contributed by atoms with van der Waals surface area (Å²) in [4.78, 5) is 11.7. The van der Waals surface area contributed by atoms with Crippen LogP contribution in [0.4, 0.5) is 4.79 Å². The molecule has 122 valence electrons. The molecule has 1 atom stereocenters. The van der Waals surface area contributed by atoms with Crippen LogP contribution >= 0.6 is 11.6 Å². The van der Waals surface area contributed by atoms with Gasteiger partial charge in [-0.3, -0.25) is 0 Å². The maximum absolute atomic E-state index is 11.7. The van der Waals surface area contributed by atoms with Crippen LogP contribution in [0.3, 0.4) is 0 Å². The van der Waals surface area contributed by atoms with Crippen molar-refractivity contribution in [2.75, 3.05) is 0 Å². The molecule has 2 rings (SSSR count). The first-order valence-electron chi connectivity index (χ1n) is 7.74. The zero-order valence-electron chi connectivity index (χ0n) is 13.7. The first-order chi connectivity index (χ1) is 10.2. The van der Waals surface area contributed by atoms with E-state index in [9.17, 15) is 4.79 Å². The number of nitrogens with one attached hydrogen (secondary N) is 2. The minimum absolute atomic E-state index is 0.193. The molecular weight excluding hydrogens is 300 g/mol. The second-order valence-electron chi connectivity index (χ2n) is 6.95. The molecule has 1 fully saturated rings. The van der Waals surface area contributed by atoms with E-state index in [1.54, 1.807) is 0 Å². The van der Waals surface area contributed by atoms with Crippen molar-refractivity contribution in [1.29, 1.82) is 0 Å². The topological polar surface area (TPSA) is 50.4 Å².